The molecule has 0 saturated heterocycles. The maximum absolute atomic E-state index is 11.8. The van der Waals surface area contributed by atoms with E-state index in [9.17, 15) is 4.79 Å². The highest BCUT2D eigenvalue weighted by Gasteiger charge is 2.21. The Labute approximate surface area is 111 Å². The number of hydrogen-bond donors (Lipinski definition) is 0. The van der Waals surface area contributed by atoms with E-state index in [1.54, 1.807) is 0 Å². The van der Waals surface area contributed by atoms with Gasteiger partial charge in [0.1, 0.15) is 0 Å². The van der Waals surface area contributed by atoms with E-state index in [0.717, 1.165) is 12.0 Å². The van der Waals surface area contributed by atoms with Gasteiger partial charge in [-0.05, 0) is 46.0 Å². The van der Waals surface area contributed by atoms with E-state index in [1.807, 2.05) is 6.07 Å². The quantitative estimate of drug-likeness (QED) is 0.536. The third kappa shape index (κ3) is 1.39. The van der Waals surface area contributed by atoms with Gasteiger partial charge < -0.3 is 0 Å². The normalized spacial score (nSPS) is 14.3. The van der Waals surface area contributed by atoms with E-state index in [-0.39, 0.29) is 0 Å². The van der Waals surface area contributed by atoms with Crippen LogP contribution in [0.3, 0.4) is 0 Å². The maximum atomic E-state index is 11.8. The highest BCUT2D eigenvalue weighted by atomic mass is 16.1. The first kappa shape index (κ1) is 10.7. The van der Waals surface area contributed by atoms with E-state index in [2.05, 4.69) is 43.3 Å². The van der Waals surface area contributed by atoms with Gasteiger partial charge in [0.15, 0.2) is 5.78 Å². The number of rotatable bonds is 0. The second-order valence-electron chi connectivity index (χ2n) is 5.35. The summed E-state index contributed by atoms with van der Waals surface area (Å²) in [5.74, 6) is 0.293. The number of hydrogen-bond acceptors (Lipinski definition) is 1. The van der Waals surface area contributed by atoms with Gasteiger partial charge in [-0.3, -0.25) is 4.79 Å². The molecule has 4 rings (SSSR count). The Hall–Kier alpha value is -2.15. The molecule has 0 spiro atoms. The lowest BCUT2D eigenvalue weighted by atomic mass is 9.94. The minimum Gasteiger partial charge on any atom is -0.294 e. The van der Waals surface area contributed by atoms with Crippen LogP contribution in [0.5, 0.6) is 0 Å². The fourth-order valence-corrected chi connectivity index (χ4v) is 3.30. The van der Waals surface area contributed by atoms with Crippen LogP contribution in [0.25, 0.3) is 21.5 Å². The molecule has 0 fully saturated rings. The van der Waals surface area contributed by atoms with Crippen LogP contribution < -0.4 is 0 Å². The van der Waals surface area contributed by atoms with E-state index < -0.39 is 0 Å². The van der Waals surface area contributed by atoms with Crippen LogP contribution in [0.2, 0.25) is 0 Å². The van der Waals surface area contributed by atoms with Crippen molar-refractivity contribution in [3.05, 3.63) is 59.2 Å². The van der Waals surface area contributed by atoms with Crippen LogP contribution in [0.15, 0.2) is 42.5 Å². The maximum Gasteiger partial charge on any atom is 0.163 e. The summed E-state index contributed by atoms with van der Waals surface area (Å²) < 4.78 is 0. The Balaban J connectivity index is 2.20. The summed E-state index contributed by atoms with van der Waals surface area (Å²) in [4.78, 5) is 11.8. The number of carbonyl (C=O) groups excluding carboxylic acids is 1. The van der Waals surface area contributed by atoms with Crippen molar-refractivity contribution in [3.63, 3.8) is 0 Å². The molecule has 0 aliphatic heterocycles. The molecule has 0 saturated carbocycles. The molecule has 0 atom stereocenters. The number of ketones is 1. The van der Waals surface area contributed by atoms with Crippen molar-refractivity contribution in [1.82, 2.24) is 0 Å². The molecule has 0 heterocycles. The van der Waals surface area contributed by atoms with Crippen LogP contribution in [0, 0.1) is 6.92 Å². The minimum absolute atomic E-state index is 0.293. The molecule has 19 heavy (non-hydrogen) atoms. The average molecular weight is 246 g/mol. The van der Waals surface area contributed by atoms with Gasteiger partial charge in [-0.25, -0.2) is 0 Å². The standard InChI is InChI=1S/C18H14O/c1-11-3-2-4-13-12(11)5-6-15-14(13)7-8-17-16(15)9-10-18(17)19/h2-8H,9-10H2,1H3. The lowest BCUT2D eigenvalue weighted by molar-refractivity contribution is 0.0994. The lowest BCUT2D eigenvalue weighted by Gasteiger charge is -2.09. The number of benzene rings is 3. The van der Waals surface area contributed by atoms with Crippen molar-refractivity contribution in [2.45, 2.75) is 19.8 Å². The van der Waals surface area contributed by atoms with Crippen LogP contribution in [0.1, 0.15) is 27.9 Å². The zero-order valence-electron chi connectivity index (χ0n) is 10.9. The van der Waals surface area contributed by atoms with Gasteiger partial charge in [0.2, 0.25) is 0 Å². The predicted molar refractivity (Wildman–Crippen MR) is 78.8 cm³/mol. The molecule has 3 aromatic carbocycles. The summed E-state index contributed by atoms with van der Waals surface area (Å²) in [5, 5.41) is 5.12. The fraction of sp³-hybridized carbons (Fsp3) is 0.167. The Morgan fingerprint density at radius 2 is 1.53 bits per heavy atom. The summed E-state index contributed by atoms with van der Waals surface area (Å²) in [6, 6.07) is 14.9. The molecule has 0 unspecified atom stereocenters. The molecule has 0 aromatic heterocycles. The number of fused-ring (bicyclic) bond motifs is 5. The van der Waals surface area contributed by atoms with Crippen molar-refractivity contribution in [2.75, 3.05) is 0 Å². The molecule has 1 heteroatoms. The number of aryl methyl sites for hydroxylation is 2. The molecule has 0 amide bonds. The van der Waals surface area contributed by atoms with Gasteiger partial charge in [-0.2, -0.15) is 0 Å². The van der Waals surface area contributed by atoms with E-state index >= 15 is 0 Å². The topological polar surface area (TPSA) is 17.1 Å². The van der Waals surface area contributed by atoms with E-state index in [0.29, 0.717) is 12.2 Å². The molecular formula is C18H14O. The van der Waals surface area contributed by atoms with Crippen molar-refractivity contribution >= 4 is 27.3 Å². The first-order valence-corrected chi connectivity index (χ1v) is 6.73. The van der Waals surface area contributed by atoms with E-state index in [4.69, 9.17) is 0 Å². The smallest absolute Gasteiger partial charge is 0.163 e. The van der Waals surface area contributed by atoms with Crippen molar-refractivity contribution in [3.8, 4) is 0 Å². The summed E-state index contributed by atoms with van der Waals surface area (Å²) in [6.45, 7) is 2.14. The molecule has 1 aliphatic carbocycles. The van der Waals surface area contributed by atoms with E-state index in [1.165, 1.54) is 32.7 Å². The number of carbonyl (C=O) groups is 1. The highest BCUT2D eigenvalue weighted by Crippen LogP contribution is 2.34. The number of Topliss-reactive ketones (excluding diaryl/α,β-unsaturated/α-hetero) is 1. The largest absolute Gasteiger partial charge is 0.294 e. The zero-order valence-corrected chi connectivity index (χ0v) is 10.9. The summed E-state index contributed by atoms with van der Waals surface area (Å²) in [7, 11) is 0. The van der Waals surface area contributed by atoms with Crippen LogP contribution >= 0.6 is 0 Å². The molecule has 0 radical (unpaired) electrons. The summed E-state index contributed by atoms with van der Waals surface area (Å²) in [5.41, 5.74) is 3.47. The predicted octanol–water partition coefficient (Wildman–Crippen LogP) is 4.43. The Bertz CT molecular complexity index is 843. The van der Waals surface area contributed by atoms with Gasteiger partial charge >= 0.3 is 0 Å². The monoisotopic (exact) mass is 246 g/mol. The van der Waals surface area contributed by atoms with Crippen LogP contribution in [-0.4, -0.2) is 5.78 Å². The Kier molecular flexibility index (Phi) is 2.08. The first-order chi connectivity index (χ1) is 9.25. The second-order valence-corrected chi connectivity index (χ2v) is 5.35. The third-order valence-electron chi connectivity index (χ3n) is 4.29. The molecule has 0 N–H and O–H groups in total. The highest BCUT2D eigenvalue weighted by molar-refractivity contribution is 6.13. The minimum atomic E-state index is 0.293. The first-order valence-electron chi connectivity index (χ1n) is 6.73. The van der Waals surface area contributed by atoms with Crippen LogP contribution in [-0.2, 0) is 6.42 Å². The summed E-state index contributed by atoms with van der Waals surface area (Å²) >= 11 is 0. The Morgan fingerprint density at radius 1 is 0.789 bits per heavy atom. The molecule has 3 aromatic rings. The van der Waals surface area contributed by atoms with Gasteiger partial charge in [0, 0.05) is 12.0 Å². The molecule has 1 nitrogen and oxygen atoms in total. The average Bonchev–Trinajstić information content (AvgIpc) is 2.81. The molecular weight excluding hydrogens is 232 g/mol. The van der Waals surface area contributed by atoms with Crippen molar-refractivity contribution in [2.24, 2.45) is 0 Å². The van der Waals surface area contributed by atoms with Gasteiger partial charge in [0.25, 0.3) is 0 Å². The zero-order chi connectivity index (χ0) is 13.0. The molecule has 1 aliphatic rings. The Morgan fingerprint density at radius 3 is 2.42 bits per heavy atom. The van der Waals surface area contributed by atoms with Crippen LogP contribution in [0.4, 0.5) is 0 Å². The SMILES string of the molecule is Cc1cccc2c1ccc1c3c(ccc12)C(=O)CC3. The fourth-order valence-electron chi connectivity index (χ4n) is 3.30. The van der Waals surface area contributed by atoms with Gasteiger partial charge in [-0.1, -0.05) is 42.5 Å². The lowest BCUT2D eigenvalue weighted by Crippen LogP contribution is -1.91. The van der Waals surface area contributed by atoms with Gasteiger partial charge in [0.05, 0.1) is 0 Å². The molecule has 0 bridgehead atoms. The van der Waals surface area contributed by atoms with Crippen molar-refractivity contribution < 1.29 is 4.79 Å². The third-order valence-corrected chi connectivity index (χ3v) is 4.29. The second kappa shape index (κ2) is 3.67. The van der Waals surface area contributed by atoms with Gasteiger partial charge in [-0.15, -0.1) is 0 Å². The summed E-state index contributed by atoms with van der Waals surface area (Å²) in [6.07, 6.45) is 1.56. The van der Waals surface area contributed by atoms with Crippen molar-refractivity contribution in [1.29, 1.82) is 0 Å². The molecule has 92 valence electrons.